The van der Waals surface area contributed by atoms with Crippen LogP contribution in [-0.2, 0) is 23.8 Å². The Labute approximate surface area is 204 Å². The predicted octanol–water partition coefficient (Wildman–Crippen LogP) is 2.50. The van der Waals surface area contributed by atoms with Crippen molar-refractivity contribution in [1.29, 1.82) is 0 Å². The molecule has 0 aromatic heterocycles. The van der Waals surface area contributed by atoms with E-state index in [1.165, 1.54) is 0 Å². The van der Waals surface area contributed by atoms with Crippen molar-refractivity contribution in [2.45, 2.75) is 34.1 Å². The number of amides is 2. The first kappa shape index (κ1) is 29.6. The summed E-state index contributed by atoms with van der Waals surface area (Å²) in [4.78, 5) is 23.6. The largest absolute Gasteiger partial charge is 0.383 e. The molecule has 34 heavy (non-hydrogen) atoms. The molecule has 2 amide bonds. The van der Waals surface area contributed by atoms with Gasteiger partial charge in [0.05, 0.1) is 33.0 Å². The van der Waals surface area contributed by atoms with Crippen LogP contribution in [0.1, 0.15) is 34.1 Å². The quantitative estimate of drug-likeness (QED) is 0.279. The van der Waals surface area contributed by atoms with E-state index in [9.17, 15) is 9.59 Å². The Morgan fingerprint density at radius 1 is 0.824 bits per heavy atom. The molecule has 0 radical (unpaired) electrons. The molecule has 0 heterocycles. The van der Waals surface area contributed by atoms with Gasteiger partial charge >= 0.3 is 0 Å². The van der Waals surface area contributed by atoms with Crippen LogP contribution in [-0.4, -0.2) is 71.6 Å². The standard InChI is InChI=1S/C26H43N3O5/c1-25(2,17-23(30)27-5)20-34-21-26(3,4)19-29-24(31)18-33-16-15-32-14-13-28-22-11-9-7-6-8-10-12-22/h6-12,28H,13-21H2,1-5H3,(H,27,30)(H,29,31)/b7-6-,8-6?,9-7?,10-8-,11-9?,12-10?,22-11?,22-12?. The minimum atomic E-state index is -0.247. The van der Waals surface area contributed by atoms with Crippen molar-refractivity contribution >= 4 is 11.8 Å². The van der Waals surface area contributed by atoms with Gasteiger partial charge in [-0.25, -0.2) is 0 Å². The number of carbonyl (C=O) groups excluding carboxylic acids is 2. The number of hydrogen-bond acceptors (Lipinski definition) is 6. The molecular weight excluding hydrogens is 434 g/mol. The molecule has 8 heteroatoms. The number of allylic oxidation sites excluding steroid dienone is 7. The van der Waals surface area contributed by atoms with Gasteiger partial charge in [0, 0.05) is 37.7 Å². The lowest BCUT2D eigenvalue weighted by molar-refractivity contribution is -0.127. The summed E-state index contributed by atoms with van der Waals surface area (Å²) in [5, 5.41) is 8.82. The SMILES string of the molecule is CNC(=O)CC(C)(C)COCC(C)(C)CNC(=O)COCCOCCNC1=C/C=C\C=C/C=C1. The minimum Gasteiger partial charge on any atom is -0.383 e. The third-order valence-corrected chi connectivity index (χ3v) is 4.84. The lowest BCUT2D eigenvalue weighted by atomic mass is 9.89. The summed E-state index contributed by atoms with van der Waals surface area (Å²) in [6, 6.07) is 0. The Balaban J connectivity index is 2.07. The third kappa shape index (κ3) is 15.4. The van der Waals surface area contributed by atoms with Crippen LogP contribution < -0.4 is 16.0 Å². The topological polar surface area (TPSA) is 97.9 Å². The van der Waals surface area contributed by atoms with Crippen LogP contribution >= 0.6 is 0 Å². The van der Waals surface area contributed by atoms with Gasteiger partial charge in [-0.1, -0.05) is 58.1 Å². The van der Waals surface area contributed by atoms with Gasteiger partial charge in [0.1, 0.15) is 6.61 Å². The maximum absolute atomic E-state index is 12.0. The fourth-order valence-electron chi connectivity index (χ4n) is 2.95. The molecule has 0 aliphatic heterocycles. The first-order chi connectivity index (χ1) is 16.1. The van der Waals surface area contributed by atoms with Gasteiger partial charge < -0.3 is 30.2 Å². The van der Waals surface area contributed by atoms with Crippen molar-refractivity contribution in [2.24, 2.45) is 10.8 Å². The molecular formula is C26H43N3O5. The Kier molecular flexibility index (Phi) is 14.2. The summed E-state index contributed by atoms with van der Waals surface area (Å²) in [5.41, 5.74) is 0.545. The second kappa shape index (κ2) is 16.2. The number of ether oxygens (including phenoxy) is 3. The van der Waals surface area contributed by atoms with Crippen molar-refractivity contribution in [3.8, 4) is 0 Å². The number of rotatable bonds is 17. The van der Waals surface area contributed by atoms with Crippen LogP contribution in [0.25, 0.3) is 0 Å². The average Bonchev–Trinajstić information content (AvgIpc) is 2.74. The van der Waals surface area contributed by atoms with Crippen molar-refractivity contribution in [3.05, 3.63) is 48.2 Å². The number of hydrogen-bond donors (Lipinski definition) is 3. The zero-order valence-electron chi connectivity index (χ0n) is 21.4. The maximum Gasteiger partial charge on any atom is 0.246 e. The highest BCUT2D eigenvalue weighted by molar-refractivity contribution is 5.77. The average molecular weight is 478 g/mol. The summed E-state index contributed by atoms with van der Waals surface area (Å²) < 4.78 is 16.8. The number of nitrogens with one attached hydrogen (secondary N) is 3. The van der Waals surface area contributed by atoms with Crippen molar-refractivity contribution < 1.29 is 23.8 Å². The zero-order valence-corrected chi connectivity index (χ0v) is 21.4. The highest BCUT2D eigenvalue weighted by Crippen LogP contribution is 2.22. The molecule has 0 unspecified atom stereocenters. The molecule has 3 N–H and O–H groups in total. The minimum absolute atomic E-state index is 0.00190. The Hall–Kier alpha value is -2.42. The third-order valence-electron chi connectivity index (χ3n) is 4.84. The molecule has 0 aromatic carbocycles. The molecule has 192 valence electrons. The molecule has 0 fully saturated rings. The van der Waals surface area contributed by atoms with Crippen molar-refractivity contribution in [3.63, 3.8) is 0 Å². The van der Waals surface area contributed by atoms with Crippen LogP contribution in [0.4, 0.5) is 0 Å². The van der Waals surface area contributed by atoms with E-state index in [1.54, 1.807) is 7.05 Å². The molecule has 0 aromatic rings. The predicted molar refractivity (Wildman–Crippen MR) is 135 cm³/mol. The summed E-state index contributed by atoms with van der Waals surface area (Å²) in [6.07, 6.45) is 14.3. The summed E-state index contributed by atoms with van der Waals surface area (Å²) in [5.74, 6) is -0.169. The molecule has 1 rings (SSSR count). The fraction of sp³-hybridized carbons (Fsp3) is 0.615. The van der Waals surface area contributed by atoms with Crippen LogP contribution in [0, 0.1) is 10.8 Å². The normalized spacial score (nSPS) is 15.6. The molecule has 0 saturated carbocycles. The molecule has 0 saturated heterocycles. The molecule has 8 nitrogen and oxygen atoms in total. The van der Waals surface area contributed by atoms with E-state index in [0.717, 1.165) is 5.70 Å². The Bertz CT molecular complexity index is 739. The van der Waals surface area contributed by atoms with Crippen molar-refractivity contribution in [2.75, 3.05) is 59.8 Å². The summed E-state index contributed by atoms with van der Waals surface area (Å²) in [6.45, 7) is 11.5. The van der Waals surface area contributed by atoms with Gasteiger partial charge in [-0.15, -0.1) is 0 Å². The van der Waals surface area contributed by atoms with Gasteiger partial charge in [0.15, 0.2) is 0 Å². The molecule has 1 aliphatic rings. The molecule has 0 spiro atoms. The molecule has 1 aliphatic carbocycles. The highest BCUT2D eigenvalue weighted by atomic mass is 16.5. The van der Waals surface area contributed by atoms with Crippen LogP contribution in [0.15, 0.2) is 48.2 Å². The van der Waals surface area contributed by atoms with E-state index in [0.29, 0.717) is 52.5 Å². The molecule has 0 atom stereocenters. The first-order valence-corrected chi connectivity index (χ1v) is 11.8. The van der Waals surface area contributed by atoms with Crippen molar-refractivity contribution in [1.82, 2.24) is 16.0 Å². The van der Waals surface area contributed by atoms with Crippen LogP contribution in [0.3, 0.4) is 0 Å². The Morgan fingerprint density at radius 2 is 1.50 bits per heavy atom. The first-order valence-electron chi connectivity index (χ1n) is 11.8. The van der Waals surface area contributed by atoms with E-state index in [2.05, 4.69) is 16.0 Å². The van der Waals surface area contributed by atoms with Crippen LogP contribution in [0.2, 0.25) is 0 Å². The lowest BCUT2D eigenvalue weighted by Gasteiger charge is -2.29. The van der Waals surface area contributed by atoms with Gasteiger partial charge in [0.2, 0.25) is 11.8 Å². The maximum atomic E-state index is 12.0. The molecule has 0 bridgehead atoms. The van der Waals surface area contributed by atoms with Gasteiger partial charge in [-0.2, -0.15) is 0 Å². The Morgan fingerprint density at radius 3 is 2.26 bits per heavy atom. The van der Waals surface area contributed by atoms with E-state index < -0.39 is 0 Å². The lowest BCUT2D eigenvalue weighted by Crippen LogP contribution is -2.39. The number of carbonyl (C=O) groups is 2. The van der Waals surface area contributed by atoms with E-state index in [1.807, 2.05) is 70.2 Å². The van der Waals surface area contributed by atoms with Gasteiger partial charge in [-0.3, -0.25) is 9.59 Å². The smallest absolute Gasteiger partial charge is 0.246 e. The zero-order chi connectivity index (χ0) is 25.3. The summed E-state index contributed by atoms with van der Waals surface area (Å²) in [7, 11) is 1.63. The van der Waals surface area contributed by atoms with Gasteiger partial charge in [0.25, 0.3) is 0 Å². The van der Waals surface area contributed by atoms with E-state index in [4.69, 9.17) is 14.2 Å². The second-order valence-corrected chi connectivity index (χ2v) is 9.79. The second-order valence-electron chi connectivity index (χ2n) is 9.79. The summed E-state index contributed by atoms with van der Waals surface area (Å²) >= 11 is 0. The van der Waals surface area contributed by atoms with E-state index >= 15 is 0 Å². The highest BCUT2D eigenvalue weighted by Gasteiger charge is 2.25. The monoisotopic (exact) mass is 477 g/mol. The van der Waals surface area contributed by atoms with E-state index in [-0.39, 0.29) is 29.3 Å². The van der Waals surface area contributed by atoms with Crippen LogP contribution in [0.5, 0.6) is 0 Å². The fourth-order valence-corrected chi connectivity index (χ4v) is 2.95. The van der Waals surface area contributed by atoms with Gasteiger partial charge in [-0.05, 0) is 17.6 Å².